The normalized spacial score (nSPS) is 12.0. The summed E-state index contributed by atoms with van der Waals surface area (Å²) in [6.07, 6.45) is 0. The van der Waals surface area contributed by atoms with E-state index < -0.39 is 0 Å². The molecule has 0 bridgehead atoms. The molecule has 2 N–H and O–H groups in total. The van der Waals surface area contributed by atoms with E-state index in [9.17, 15) is 0 Å². The molecule has 0 aliphatic heterocycles. The minimum absolute atomic E-state index is 0.146. The molecule has 0 aliphatic carbocycles. The third kappa shape index (κ3) is 7.26. The lowest BCUT2D eigenvalue weighted by Gasteiger charge is -2.23. The van der Waals surface area contributed by atoms with E-state index in [2.05, 4.69) is 38.2 Å². The Morgan fingerprint density at radius 3 is 2.14 bits per heavy atom. The fourth-order valence-corrected chi connectivity index (χ4v) is 1.14. The van der Waals surface area contributed by atoms with Gasteiger partial charge < -0.3 is 15.3 Å². The molecule has 0 aromatic heterocycles. The first kappa shape index (κ1) is 13.8. The van der Waals surface area contributed by atoms with Crippen LogP contribution in [0.3, 0.4) is 0 Å². The maximum atomic E-state index is 9.03. The second-order valence-electron chi connectivity index (χ2n) is 4.10. The van der Waals surface area contributed by atoms with Crippen LogP contribution >= 0.6 is 0 Å². The second kappa shape index (κ2) is 8.17. The van der Waals surface area contributed by atoms with Crippen LogP contribution in [0.15, 0.2) is 0 Å². The zero-order chi connectivity index (χ0) is 11.0. The van der Waals surface area contributed by atoms with Crippen LogP contribution < -0.4 is 5.32 Å². The van der Waals surface area contributed by atoms with Crippen LogP contribution in [0.5, 0.6) is 0 Å². The predicted molar refractivity (Wildman–Crippen MR) is 60.4 cm³/mol. The Balaban J connectivity index is 3.33. The molecule has 0 spiro atoms. The molecule has 0 unspecified atom stereocenters. The molecule has 0 rings (SSSR count). The Morgan fingerprint density at radius 1 is 1.14 bits per heavy atom. The molecule has 0 amide bonds. The number of hydrogen-bond acceptors (Lipinski definition) is 4. The summed E-state index contributed by atoms with van der Waals surface area (Å²) in [6.45, 7) is 8.23. The molecular weight excluding hydrogens is 178 g/mol. The highest BCUT2D eigenvalue weighted by atomic mass is 16.3. The van der Waals surface area contributed by atoms with E-state index in [0.29, 0.717) is 6.04 Å². The molecule has 14 heavy (non-hydrogen) atoms. The lowest BCUT2D eigenvalue weighted by atomic mass is 10.3. The van der Waals surface area contributed by atoms with Gasteiger partial charge in [-0.1, -0.05) is 0 Å². The van der Waals surface area contributed by atoms with E-state index in [4.69, 9.17) is 5.11 Å². The average Bonchev–Trinajstić information content (AvgIpc) is 2.10. The van der Waals surface area contributed by atoms with Crippen LogP contribution in [0, 0.1) is 0 Å². The van der Waals surface area contributed by atoms with Gasteiger partial charge in [-0.3, -0.25) is 4.90 Å². The van der Waals surface area contributed by atoms with Crippen molar-refractivity contribution in [1.82, 2.24) is 15.1 Å². The van der Waals surface area contributed by atoms with Gasteiger partial charge in [0, 0.05) is 32.2 Å². The summed E-state index contributed by atoms with van der Waals surface area (Å²) in [4.78, 5) is 4.18. The van der Waals surface area contributed by atoms with Crippen molar-refractivity contribution in [2.75, 3.05) is 47.0 Å². The summed E-state index contributed by atoms with van der Waals surface area (Å²) >= 11 is 0. The molecule has 86 valence electrons. The number of hydrogen-bond donors (Lipinski definition) is 2. The number of nitrogens with one attached hydrogen (secondary N) is 1. The molecule has 0 atom stereocenters. The van der Waals surface area contributed by atoms with Gasteiger partial charge in [0.1, 0.15) is 0 Å². The lowest BCUT2D eigenvalue weighted by molar-refractivity contribution is 0.0813. The third-order valence-electron chi connectivity index (χ3n) is 2.22. The van der Waals surface area contributed by atoms with E-state index >= 15 is 0 Å². The minimum Gasteiger partial charge on any atom is -0.381 e. The van der Waals surface area contributed by atoms with Gasteiger partial charge in [0.05, 0.1) is 6.73 Å². The van der Waals surface area contributed by atoms with Crippen LogP contribution in [0.4, 0.5) is 0 Å². The number of rotatable bonds is 8. The van der Waals surface area contributed by atoms with E-state index in [0.717, 1.165) is 26.2 Å². The van der Waals surface area contributed by atoms with E-state index in [1.165, 1.54) is 0 Å². The van der Waals surface area contributed by atoms with E-state index in [1.54, 1.807) is 0 Å². The third-order valence-corrected chi connectivity index (χ3v) is 2.22. The van der Waals surface area contributed by atoms with Crippen molar-refractivity contribution in [1.29, 1.82) is 0 Å². The summed E-state index contributed by atoms with van der Waals surface area (Å²) < 4.78 is 0. The Labute approximate surface area is 87.9 Å². The highest BCUT2D eigenvalue weighted by molar-refractivity contribution is 4.60. The molecule has 0 radical (unpaired) electrons. The van der Waals surface area contributed by atoms with Gasteiger partial charge in [0.2, 0.25) is 0 Å². The van der Waals surface area contributed by atoms with Crippen molar-refractivity contribution in [3.8, 4) is 0 Å². The SMILES string of the molecule is CC(C)N(CO)CCNCCN(C)C. The van der Waals surface area contributed by atoms with Gasteiger partial charge in [-0.25, -0.2) is 0 Å². The molecule has 0 heterocycles. The molecule has 0 aromatic carbocycles. The van der Waals surface area contributed by atoms with Gasteiger partial charge in [-0.2, -0.15) is 0 Å². The van der Waals surface area contributed by atoms with Crippen molar-refractivity contribution in [3.63, 3.8) is 0 Å². The first-order chi connectivity index (χ1) is 6.57. The topological polar surface area (TPSA) is 38.7 Å². The van der Waals surface area contributed by atoms with Gasteiger partial charge >= 0.3 is 0 Å². The number of aliphatic hydroxyl groups is 1. The summed E-state index contributed by atoms with van der Waals surface area (Å²) in [7, 11) is 4.13. The van der Waals surface area contributed by atoms with Crippen LogP contribution in [0.2, 0.25) is 0 Å². The predicted octanol–water partition coefficient (Wildman–Crippen LogP) is -0.202. The first-order valence-electron chi connectivity index (χ1n) is 5.28. The van der Waals surface area contributed by atoms with E-state index in [-0.39, 0.29) is 6.73 Å². The molecule has 0 saturated heterocycles. The Kier molecular flexibility index (Phi) is 8.08. The van der Waals surface area contributed by atoms with Gasteiger partial charge in [-0.05, 0) is 27.9 Å². The fraction of sp³-hybridized carbons (Fsp3) is 1.00. The van der Waals surface area contributed by atoms with Gasteiger partial charge in [-0.15, -0.1) is 0 Å². The maximum Gasteiger partial charge on any atom is 0.0959 e. The highest BCUT2D eigenvalue weighted by Gasteiger charge is 2.05. The van der Waals surface area contributed by atoms with Gasteiger partial charge in [0.25, 0.3) is 0 Å². The van der Waals surface area contributed by atoms with Crippen LogP contribution in [0.25, 0.3) is 0 Å². The molecule has 0 fully saturated rings. The maximum absolute atomic E-state index is 9.03. The van der Waals surface area contributed by atoms with E-state index in [1.807, 2.05) is 4.90 Å². The molecule has 4 nitrogen and oxygen atoms in total. The van der Waals surface area contributed by atoms with Gasteiger partial charge in [0.15, 0.2) is 0 Å². The van der Waals surface area contributed by atoms with Crippen LogP contribution in [-0.2, 0) is 0 Å². The fourth-order valence-electron chi connectivity index (χ4n) is 1.14. The van der Waals surface area contributed by atoms with Crippen molar-refractivity contribution >= 4 is 0 Å². The average molecular weight is 203 g/mol. The number of aliphatic hydroxyl groups excluding tert-OH is 1. The Morgan fingerprint density at radius 2 is 1.71 bits per heavy atom. The molecular formula is C10H25N3O. The monoisotopic (exact) mass is 203 g/mol. The number of nitrogens with zero attached hydrogens (tertiary/aromatic N) is 2. The highest BCUT2D eigenvalue weighted by Crippen LogP contribution is 1.93. The van der Waals surface area contributed by atoms with Crippen molar-refractivity contribution in [2.45, 2.75) is 19.9 Å². The molecule has 0 aromatic rings. The Hall–Kier alpha value is -0.160. The summed E-state index contributed by atoms with van der Waals surface area (Å²) in [6, 6.07) is 0.413. The first-order valence-corrected chi connectivity index (χ1v) is 5.28. The number of likely N-dealkylation sites (N-methyl/N-ethyl adjacent to an activating group) is 1. The van der Waals surface area contributed by atoms with Crippen LogP contribution in [-0.4, -0.2) is 68.0 Å². The van der Waals surface area contributed by atoms with Crippen molar-refractivity contribution in [2.24, 2.45) is 0 Å². The zero-order valence-electron chi connectivity index (χ0n) is 9.95. The Bertz CT molecular complexity index is 129. The summed E-state index contributed by atoms with van der Waals surface area (Å²) in [5.74, 6) is 0. The van der Waals surface area contributed by atoms with Crippen molar-refractivity contribution in [3.05, 3.63) is 0 Å². The zero-order valence-corrected chi connectivity index (χ0v) is 9.95. The molecule has 0 saturated carbocycles. The molecule has 4 heteroatoms. The van der Waals surface area contributed by atoms with Crippen LogP contribution in [0.1, 0.15) is 13.8 Å². The van der Waals surface area contributed by atoms with Crippen molar-refractivity contribution < 1.29 is 5.11 Å². The quantitative estimate of drug-likeness (QED) is 0.423. The lowest BCUT2D eigenvalue weighted by Crippen LogP contribution is -2.38. The smallest absolute Gasteiger partial charge is 0.0959 e. The molecule has 0 aliphatic rings. The summed E-state index contributed by atoms with van der Waals surface area (Å²) in [5, 5.41) is 12.4. The second-order valence-corrected chi connectivity index (χ2v) is 4.10. The summed E-state index contributed by atoms with van der Waals surface area (Å²) in [5.41, 5.74) is 0. The standard InChI is InChI=1S/C10H25N3O/c1-10(2)13(9-14)8-6-11-5-7-12(3)4/h10-11,14H,5-9H2,1-4H3. The largest absolute Gasteiger partial charge is 0.381 e. The minimum atomic E-state index is 0.146.